The average Bonchev–Trinajstić information content (AvgIpc) is 3.13. The van der Waals surface area contributed by atoms with Gasteiger partial charge in [0.25, 0.3) is 11.7 Å². The lowest BCUT2D eigenvalue weighted by atomic mass is 10.1. The molecule has 5 nitrogen and oxygen atoms in total. The van der Waals surface area contributed by atoms with E-state index in [4.69, 9.17) is 0 Å². The molecule has 0 unspecified atom stereocenters. The predicted octanol–water partition coefficient (Wildman–Crippen LogP) is 4.27. The average molecular weight is 355 g/mol. The van der Waals surface area contributed by atoms with Gasteiger partial charge in [-0.1, -0.05) is 38.5 Å². The monoisotopic (exact) mass is 355 g/mol. The molecule has 1 amide bonds. The number of aryl methyl sites for hydroxylation is 3. The van der Waals surface area contributed by atoms with Crippen molar-refractivity contribution in [1.29, 1.82) is 0 Å². The predicted molar refractivity (Wildman–Crippen MR) is 101 cm³/mol. The first-order valence-corrected chi connectivity index (χ1v) is 9.28. The van der Waals surface area contributed by atoms with Crippen LogP contribution in [0.15, 0.2) is 24.3 Å². The number of amides is 1. The quantitative estimate of drug-likeness (QED) is 0.512. The lowest BCUT2D eigenvalue weighted by Crippen LogP contribution is -2.23. The molecule has 3 rings (SSSR count). The van der Waals surface area contributed by atoms with Crippen LogP contribution in [0.3, 0.4) is 0 Å². The van der Waals surface area contributed by atoms with Crippen molar-refractivity contribution in [3.8, 4) is 0 Å². The van der Waals surface area contributed by atoms with Crippen molar-refractivity contribution < 1.29 is 9.59 Å². The van der Waals surface area contributed by atoms with Crippen LogP contribution in [0.4, 0.5) is 5.13 Å². The van der Waals surface area contributed by atoms with Gasteiger partial charge in [0.05, 0.1) is 11.3 Å². The Morgan fingerprint density at radius 3 is 2.72 bits per heavy atom. The van der Waals surface area contributed by atoms with E-state index in [-0.39, 0.29) is 0 Å². The lowest BCUT2D eigenvalue weighted by molar-refractivity contribution is -0.112. The molecule has 2 N–H and O–H groups in total. The number of benzene rings is 1. The fourth-order valence-electron chi connectivity index (χ4n) is 2.98. The van der Waals surface area contributed by atoms with Crippen molar-refractivity contribution in [3.63, 3.8) is 0 Å². The number of nitrogens with zero attached hydrogens (tertiary/aromatic N) is 1. The number of H-pyrrole nitrogens is 1. The standard InChI is InChI=1S/C19H21N3O2S/c1-4-8-14-15(5-2)25-19(21-14)22-18(24)17(23)16-11(3)20-13-10-7-6-9-12(13)16/h6-7,9-10,20H,4-5,8H2,1-3H3,(H,21,22,24). The molecule has 0 atom stereocenters. The largest absolute Gasteiger partial charge is 0.358 e. The summed E-state index contributed by atoms with van der Waals surface area (Å²) in [4.78, 5) is 33.9. The van der Waals surface area contributed by atoms with E-state index < -0.39 is 11.7 Å². The first-order valence-electron chi connectivity index (χ1n) is 8.46. The number of nitrogens with one attached hydrogen (secondary N) is 2. The van der Waals surface area contributed by atoms with Crippen molar-refractivity contribution in [2.24, 2.45) is 0 Å². The summed E-state index contributed by atoms with van der Waals surface area (Å²) in [6.07, 6.45) is 2.75. The number of anilines is 1. The molecule has 1 aromatic carbocycles. The first-order chi connectivity index (χ1) is 12.0. The lowest BCUT2D eigenvalue weighted by Gasteiger charge is -2.01. The summed E-state index contributed by atoms with van der Waals surface area (Å²) in [6, 6.07) is 7.49. The van der Waals surface area contributed by atoms with Crippen LogP contribution in [-0.2, 0) is 17.6 Å². The Morgan fingerprint density at radius 1 is 1.24 bits per heavy atom. The maximum absolute atomic E-state index is 12.7. The van der Waals surface area contributed by atoms with Crippen molar-refractivity contribution in [2.45, 2.75) is 40.0 Å². The minimum Gasteiger partial charge on any atom is -0.358 e. The van der Waals surface area contributed by atoms with E-state index in [9.17, 15) is 9.59 Å². The van der Waals surface area contributed by atoms with Crippen molar-refractivity contribution in [2.75, 3.05) is 5.32 Å². The van der Waals surface area contributed by atoms with Gasteiger partial charge in [-0.05, 0) is 25.8 Å². The van der Waals surface area contributed by atoms with Crippen LogP contribution in [0.2, 0.25) is 0 Å². The van der Waals surface area contributed by atoms with Crippen LogP contribution in [0.1, 0.15) is 46.9 Å². The van der Waals surface area contributed by atoms with Crippen LogP contribution < -0.4 is 5.32 Å². The number of rotatable bonds is 6. The summed E-state index contributed by atoms with van der Waals surface area (Å²) in [6.45, 7) is 5.97. The van der Waals surface area contributed by atoms with E-state index in [0.717, 1.165) is 40.7 Å². The number of ketones is 1. The smallest absolute Gasteiger partial charge is 0.298 e. The first kappa shape index (κ1) is 17.4. The third-order valence-corrected chi connectivity index (χ3v) is 5.29. The number of hydrogen-bond donors (Lipinski definition) is 2. The molecule has 0 saturated carbocycles. The van der Waals surface area contributed by atoms with Crippen LogP contribution in [0, 0.1) is 6.92 Å². The Morgan fingerprint density at radius 2 is 2.00 bits per heavy atom. The summed E-state index contributed by atoms with van der Waals surface area (Å²) < 4.78 is 0. The Labute approximate surface area is 150 Å². The Kier molecular flexibility index (Phi) is 4.99. The van der Waals surface area contributed by atoms with Gasteiger partial charge < -0.3 is 4.98 Å². The molecule has 0 aliphatic carbocycles. The highest BCUT2D eigenvalue weighted by atomic mass is 32.1. The van der Waals surface area contributed by atoms with Crippen molar-refractivity contribution >= 4 is 39.1 Å². The highest BCUT2D eigenvalue weighted by molar-refractivity contribution is 7.16. The summed E-state index contributed by atoms with van der Waals surface area (Å²) in [5.74, 6) is -1.19. The number of aromatic amines is 1. The minimum atomic E-state index is -0.646. The second-order valence-corrected chi connectivity index (χ2v) is 7.03. The van der Waals surface area contributed by atoms with Crippen molar-refractivity contribution in [1.82, 2.24) is 9.97 Å². The molecule has 3 aromatic rings. The maximum Gasteiger partial charge on any atom is 0.298 e. The van der Waals surface area contributed by atoms with Gasteiger partial charge in [-0.25, -0.2) is 4.98 Å². The highest BCUT2D eigenvalue weighted by Gasteiger charge is 2.24. The normalized spacial score (nSPS) is 11.0. The van der Waals surface area contributed by atoms with Crippen LogP contribution in [0.5, 0.6) is 0 Å². The maximum atomic E-state index is 12.7. The number of hydrogen-bond acceptors (Lipinski definition) is 4. The summed E-state index contributed by atoms with van der Waals surface area (Å²) in [5, 5.41) is 3.94. The Balaban J connectivity index is 1.86. The number of aromatic nitrogens is 2. The van der Waals surface area contributed by atoms with E-state index in [1.54, 1.807) is 6.92 Å². The minimum absolute atomic E-state index is 0.425. The van der Waals surface area contributed by atoms with Crippen LogP contribution in [0.25, 0.3) is 10.9 Å². The zero-order valence-electron chi connectivity index (χ0n) is 14.6. The molecule has 2 aromatic heterocycles. The van der Waals surface area contributed by atoms with Gasteiger partial charge in [-0.2, -0.15) is 0 Å². The zero-order valence-corrected chi connectivity index (χ0v) is 15.4. The van der Waals surface area contributed by atoms with Gasteiger partial charge in [0, 0.05) is 21.5 Å². The second kappa shape index (κ2) is 7.19. The topological polar surface area (TPSA) is 74.8 Å². The molecule has 0 saturated heterocycles. The van der Waals surface area contributed by atoms with E-state index in [1.165, 1.54) is 11.3 Å². The molecule has 0 aliphatic rings. The van der Waals surface area contributed by atoms with Gasteiger partial charge in [-0.3, -0.25) is 14.9 Å². The number of fused-ring (bicyclic) bond motifs is 1. The van der Waals surface area contributed by atoms with Gasteiger partial charge >= 0.3 is 0 Å². The third kappa shape index (κ3) is 3.35. The molecule has 0 radical (unpaired) electrons. The summed E-state index contributed by atoms with van der Waals surface area (Å²) in [7, 11) is 0. The second-order valence-electron chi connectivity index (χ2n) is 5.95. The SMILES string of the molecule is CCCc1nc(NC(=O)C(=O)c2c(C)[nH]c3ccccc23)sc1CC. The molecule has 0 fully saturated rings. The van der Waals surface area contributed by atoms with Gasteiger partial charge in [0.1, 0.15) is 0 Å². The highest BCUT2D eigenvalue weighted by Crippen LogP contribution is 2.26. The van der Waals surface area contributed by atoms with Gasteiger partial charge in [-0.15, -0.1) is 11.3 Å². The van der Waals surface area contributed by atoms with E-state index in [0.29, 0.717) is 16.4 Å². The molecule has 0 spiro atoms. The number of thiazole rings is 1. The Hall–Kier alpha value is -2.47. The molecular formula is C19H21N3O2S. The molecule has 0 bridgehead atoms. The number of Topliss-reactive ketones (excluding diaryl/α,β-unsaturated/α-hetero) is 1. The summed E-state index contributed by atoms with van der Waals surface area (Å²) >= 11 is 1.45. The van der Waals surface area contributed by atoms with Gasteiger partial charge in [0.2, 0.25) is 0 Å². The number of para-hydroxylation sites is 1. The Bertz CT molecular complexity index is 939. The van der Waals surface area contributed by atoms with Crippen LogP contribution in [-0.4, -0.2) is 21.7 Å². The third-order valence-electron chi connectivity index (χ3n) is 4.13. The van der Waals surface area contributed by atoms with E-state index in [2.05, 4.69) is 29.1 Å². The molecule has 0 aliphatic heterocycles. The number of carbonyl (C=O) groups excluding carboxylic acids is 2. The fraction of sp³-hybridized carbons (Fsp3) is 0.316. The van der Waals surface area contributed by atoms with E-state index in [1.807, 2.05) is 24.3 Å². The molecule has 130 valence electrons. The van der Waals surface area contributed by atoms with Crippen molar-refractivity contribution in [3.05, 3.63) is 46.1 Å². The summed E-state index contributed by atoms with van der Waals surface area (Å²) in [5.41, 5.74) is 2.99. The molecule has 25 heavy (non-hydrogen) atoms. The van der Waals surface area contributed by atoms with Crippen LogP contribution >= 0.6 is 11.3 Å². The molecular weight excluding hydrogens is 334 g/mol. The fourth-order valence-corrected chi connectivity index (χ4v) is 3.92. The van der Waals surface area contributed by atoms with Gasteiger partial charge in [0.15, 0.2) is 5.13 Å². The molecule has 2 heterocycles. The zero-order chi connectivity index (χ0) is 18.0. The number of carbonyl (C=O) groups is 2. The molecule has 6 heteroatoms. The van der Waals surface area contributed by atoms with E-state index >= 15 is 0 Å².